The molecule has 0 atom stereocenters. The molecule has 0 bridgehead atoms. The number of pyridine rings is 1. The zero-order valence-electron chi connectivity index (χ0n) is 13.2. The molecule has 0 amide bonds. The number of hydrogen-bond donors (Lipinski definition) is 1. The Morgan fingerprint density at radius 1 is 1.29 bits per heavy atom. The molecule has 1 N–H and O–H groups in total. The Morgan fingerprint density at radius 3 is 2.90 bits per heavy atom. The first kappa shape index (κ1) is 14.5. The van der Waals surface area contributed by atoms with Crippen LogP contribution in [-0.2, 0) is 13.6 Å². The maximum atomic E-state index is 4.53. The first-order valence-corrected chi connectivity index (χ1v) is 8.23. The summed E-state index contributed by atoms with van der Waals surface area (Å²) in [6.45, 7) is 4.07. The minimum absolute atomic E-state index is 0.907. The number of aryl methyl sites for hydroxylation is 2. The van der Waals surface area contributed by atoms with E-state index in [4.69, 9.17) is 0 Å². The molecule has 2 aromatic heterocycles. The Hall–Kier alpha value is -1.42. The molecule has 21 heavy (non-hydrogen) atoms. The van der Waals surface area contributed by atoms with Crippen LogP contribution in [0.15, 0.2) is 12.3 Å². The van der Waals surface area contributed by atoms with E-state index in [-0.39, 0.29) is 0 Å². The maximum Gasteiger partial charge on any atom is 0.157 e. The molecule has 0 spiro atoms. The van der Waals surface area contributed by atoms with E-state index < -0.39 is 0 Å². The lowest BCUT2D eigenvalue weighted by molar-refractivity contribution is 0.334. The lowest BCUT2D eigenvalue weighted by Gasteiger charge is -2.21. The SMILES string of the molecule is Cc1nn(C)c2ncc(CNCCC3CCCCC3)cc12. The normalized spacial score (nSPS) is 16.7. The van der Waals surface area contributed by atoms with Gasteiger partial charge in [-0.25, -0.2) is 4.98 Å². The van der Waals surface area contributed by atoms with E-state index in [1.807, 2.05) is 24.9 Å². The molecule has 4 nitrogen and oxygen atoms in total. The Balaban J connectivity index is 1.52. The highest BCUT2D eigenvalue weighted by atomic mass is 15.3. The van der Waals surface area contributed by atoms with Gasteiger partial charge >= 0.3 is 0 Å². The average Bonchev–Trinajstić information content (AvgIpc) is 2.79. The van der Waals surface area contributed by atoms with E-state index in [1.165, 1.54) is 49.5 Å². The molecule has 0 radical (unpaired) electrons. The number of fused-ring (bicyclic) bond motifs is 1. The Morgan fingerprint density at radius 2 is 2.10 bits per heavy atom. The Bertz CT molecular complexity index is 596. The second-order valence-corrected chi connectivity index (χ2v) is 6.39. The third kappa shape index (κ3) is 3.43. The Labute approximate surface area is 126 Å². The summed E-state index contributed by atoms with van der Waals surface area (Å²) >= 11 is 0. The van der Waals surface area contributed by atoms with Gasteiger partial charge in [-0.3, -0.25) is 4.68 Å². The van der Waals surface area contributed by atoms with E-state index in [1.54, 1.807) is 0 Å². The van der Waals surface area contributed by atoms with Crippen LogP contribution in [0.1, 0.15) is 49.8 Å². The van der Waals surface area contributed by atoms with Gasteiger partial charge in [0.2, 0.25) is 0 Å². The van der Waals surface area contributed by atoms with E-state index in [0.717, 1.165) is 30.3 Å². The van der Waals surface area contributed by atoms with Gasteiger partial charge in [-0.05, 0) is 37.4 Å². The van der Waals surface area contributed by atoms with Crippen molar-refractivity contribution in [2.75, 3.05) is 6.54 Å². The standard InChI is InChI=1S/C17H26N4/c1-13-16-10-15(12-19-17(16)21(2)20-13)11-18-9-8-14-6-4-3-5-7-14/h10,12,14,18H,3-9,11H2,1-2H3. The largest absolute Gasteiger partial charge is 0.313 e. The van der Waals surface area contributed by atoms with Gasteiger partial charge in [-0.1, -0.05) is 32.1 Å². The van der Waals surface area contributed by atoms with Gasteiger partial charge in [-0.15, -0.1) is 0 Å². The van der Waals surface area contributed by atoms with Gasteiger partial charge < -0.3 is 5.32 Å². The van der Waals surface area contributed by atoms with Crippen LogP contribution >= 0.6 is 0 Å². The minimum Gasteiger partial charge on any atom is -0.313 e. The molecule has 0 aliphatic heterocycles. The van der Waals surface area contributed by atoms with E-state index >= 15 is 0 Å². The van der Waals surface area contributed by atoms with Crippen LogP contribution < -0.4 is 5.32 Å². The molecule has 2 heterocycles. The molecule has 0 saturated heterocycles. The molecule has 1 fully saturated rings. The van der Waals surface area contributed by atoms with Crippen molar-refractivity contribution < 1.29 is 0 Å². The number of nitrogens with one attached hydrogen (secondary N) is 1. The summed E-state index contributed by atoms with van der Waals surface area (Å²) in [5.41, 5.74) is 3.28. The molecule has 0 unspecified atom stereocenters. The predicted molar refractivity (Wildman–Crippen MR) is 86.1 cm³/mol. The fraction of sp³-hybridized carbons (Fsp3) is 0.647. The maximum absolute atomic E-state index is 4.53. The molecule has 1 saturated carbocycles. The summed E-state index contributed by atoms with van der Waals surface area (Å²) in [5.74, 6) is 0.951. The summed E-state index contributed by atoms with van der Waals surface area (Å²) in [6.07, 6.45) is 10.5. The van der Waals surface area contributed by atoms with Crippen LogP contribution in [0.4, 0.5) is 0 Å². The summed E-state index contributed by atoms with van der Waals surface area (Å²) in [5, 5.41) is 9.17. The van der Waals surface area contributed by atoms with Crippen molar-refractivity contribution in [2.24, 2.45) is 13.0 Å². The zero-order valence-corrected chi connectivity index (χ0v) is 13.2. The smallest absolute Gasteiger partial charge is 0.157 e. The lowest BCUT2D eigenvalue weighted by Crippen LogP contribution is -2.19. The summed E-state index contributed by atoms with van der Waals surface area (Å²) in [6, 6.07) is 2.22. The predicted octanol–water partition coefficient (Wildman–Crippen LogP) is 3.34. The van der Waals surface area contributed by atoms with Gasteiger partial charge in [0.15, 0.2) is 5.65 Å². The molecule has 3 rings (SSSR count). The van der Waals surface area contributed by atoms with Crippen LogP contribution in [0, 0.1) is 12.8 Å². The van der Waals surface area contributed by atoms with Crippen molar-refractivity contribution in [3.05, 3.63) is 23.5 Å². The topological polar surface area (TPSA) is 42.7 Å². The van der Waals surface area contributed by atoms with Crippen molar-refractivity contribution >= 4 is 11.0 Å². The average molecular weight is 286 g/mol. The fourth-order valence-corrected chi connectivity index (χ4v) is 3.46. The molecule has 2 aromatic rings. The molecule has 1 aliphatic rings. The van der Waals surface area contributed by atoms with E-state index in [9.17, 15) is 0 Å². The van der Waals surface area contributed by atoms with E-state index in [0.29, 0.717) is 0 Å². The van der Waals surface area contributed by atoms with Gasteiger partial charge in [0, 0.05) is 25.2 Å². The molecule has 114 valence electrons. The van der Waals surface area contributed by atoms with Crippen LogP contribution in [-0.4, -0.2) is 21.3 Å². The van der Waals surface area contributed by atoms with Crippen molar-refractivity contribution in [2.45, 2.75) is 52.0 Å². The number of rotatable bonds is 5. The molecule has 0 aromatic carbocycles. The zero-order chi connectivity index (χ0) is 14.7. The first-order chi connectivity index (χ1) is 10.2. The highest BCUT2D eigenvalue weighted by molar-refractivity contribution is 5.78. The fourth-order valence-electron chi connectivity index (χ4n) is 3.46. The monoisotopic (exact) mass is 286 g/mol. The van der Waals surface area contributed by atoms with Crippen LogP contribution in [0.3, 0.4) is 0 Å². The number of nitrogens with zero attached hydrogens (tertiary/aromatic N) is 3. The van der Waals surface area contributed by atoms with Crippen LogP contribution in [0.5, 0.6) is 0 Å². The highest BCUT2D eigenvalue weighted by Crippen LogP contribution is 2.25. The molecular weight excluding hydrogens is 260 g/mol. The van der Waals surface area contributed by atoms with Crippen LogP contribution in [0.25, 0.3) is 11.0 Å². The summed E-state index contributed by atoms with van der Waals surface area (Å²) in [7, 11) is 1.95. The molecular formula is C17H26N4. The van der Waals surface area contributed by atoms with E-state index in [2.05, 4.69) is 21.5 Å². The Kier molecular flexibility index (Phi) is 4.54. The molecule has 4 heteroatoms. The third-order valence-electron chi connectivity index (χ3n) is 4.70. The first-order valence-electron chi connectivity index (χ1n) is 8.23. The highest BCUT2D eigenvalue weighted by Gasteiger charge is 2.12. The summed E-state index contributed by atoms with van der Waals surface area (Å²) < 4.78 is 1.85. The van der Waals surface area contributed by atoms with Gasteiger partial charge in [0.25, 0.3) is 0 Å². The second-order valence-electron chi connectivity index (χ2n) is 6.39. The third-order valence-corrected chi connectivity index (χ3v) is 4.70. The van der Waals surface area contributed by atoms with Crippen molar-refractivity contribution in [3.63, 3.8) is 0 Å². The minimum atomic E-state index is 0.907. The van der Waals surface area contributed by atoms with Gasteiger partial charge in [0.05, 0.1) is 5.69 Å². The van der Waals surface area contributed by atoms with Crippen LogP contribution in [0.2, 0.25) is 0 Å². The second kappa shape index (κ2) is 6.56. The van der Waals surface area contributed by atoms with Crippen molar-refractivity contribution in [1.82, 2.24) is 20.1 Å². The van der Waals surface area contributed by atoms with Crippen molar-refractivity contribution in [3.8, 4) is 0 Å². The lowest BCUT2D eigenvalue weighted by atomic mass is 9.87. The summed E-state index contributed by atoms with van der Waals surface area (Å²) in [4.78, 5) is 4.53. The number of hydrogen-bond acceptors (Lipinski definition) is 3. The number of aromatic nitrogens is 3. The quantitative estimate of drug-likeness (QED) is 0.857. The van der Waals surface area contributed by atoms with Gasteiger partial charge in [-0.2, -0.15) is 5.10 Å². The van der Waals surface area contributed by atoms with Crippen molar-refractivity contribution in [1.29, 1.82) is 0 Å². The van der Waals surface area contributed by atoms with Gasteiger partial charge in [0.1, 0.15) is 0 Å². The molecule has 1 aliphatic carbocycles.